The first-order valence-corrected chi connectivity index (χ1v) is 7.73. The summed E-state index contributed by atoms with van der Waals surface area (Å²) in [5, 5.41) is 0.735. The maximum absolute atomic E-state index is 5.89. The van der Waals surface area contributed by atoms with Gasteiger partial charge in [0.2, 0.25) is 5.95 Å². The summed E-state index contributed by atoms with van der Waals surface area (Å²) in [6.07, 6.45) is 1.64. The van der Waals surface area contributed by atoms with Gasteiger partial charge in [0.05, 0.1) is 0 Å². The van der Waals surface area contributed by atoms with Crippen LogP contribution in [-0.4, -0.2) is 9.97 Å². The maximum Gasteiger partial charge on any atom is 0.221 e. The normalized spacial score (nSPS) is 10.6. The maximum atomic E-state index is 5.89. The Morgan fingerprint density at radius 3 is 2.05 bits per heavy atom. The number of nitrogen functional groups attached to an aromatic ring is 2. The first-order chi connectivity index (χ1) is 10.6. The number of nitrogens with two attached hydrogens (primary N) is 2. The highest BCUT2D eigenvalue weighted by atomic mass is 35.5. The average molecular weight is 329 g/mol. The van der Waals surface area contributed by atoms with Gasteiger partial charge in [-0.1, -0.05) is 35.5 Å². The Hall–Kier alpha value is -2.24. The number of benzene rings is 2. The molecule has 22 heavy (non-hydrogen) atoms. The summed E-state index contributed by atoms with van der Waals surface area (Å²) < 4.78 is 0. The second-order valence-electron chi connectivity index (χ2n) is 4.61. The van der Waals surface area contributed by atoms with Crippen LogP contribution in [0.15, 0.2) is 64.5 Å². The highest BCUT2D eigenvalue weighted by Crippen LogP contribution is 2.31. The molecule has 4 N–H and O–H groups in total. The first-order valence-electron chi connectivity index (χ1n) is 6.54. The Morgan fingerprint density at radius 2 is 1.45 bits per heavy atom. The van der Waals surface area contributed by atoms with Gasteiger partial charge in [-0.2, -0.15) is 4.98 Å². The Kier molecular flexibility index (Phi) is 4.18. The molecule has 0 aliphatic carbocycles. The fraction of sp³-hybridized carbons (Fsp3) is 0. The van der Waals surface area contributed by atoms with Gasteiger partial charge >= 0.3 is 0 Å². The van der Waals surface area contributed by atoms with E-state index in [1.165, 1.54) is 0 Å². The highest BCUT2D eigenvalue weighted by molar-refractivity contribution is 7.99. The number of halogens is 1. The van der Waals surface area contributed by atoms with Crippen molar-refractivity contribution in [1.82, 2.24) is 9.97 Å². The number of nitrogens with zero attached hydrogens (tertiary/aromatic N) is 2. The van der Waals surface area contributed by atoms with Crippen LogP contribution >= 0.6 is 23.4 Å². The topological polar surface area (TPSA) is 77.8 Å². The Bertz CT molecular complexity index is 788. The molecule has 0 fully saturated rings. The van der Waals surface area contributed by atoms with Crippen molar-refractivity contribution in [2.45, 2.75) is 9.79 Å². The fourth-order valence-corrected chi connectivity index (χ4v) is 2.92. The van der Waals surface area contributed by atoms with Crippen molar-refractivity contribution >= 4 is 35.1 Å². The van der Waals surface area contributed by atoms with E-state index in [-0.39, 0.29) is 5.95 Å². The van der Waals surface area contributed by atoms with Gasteiger partial charge in [0.1, 0.15) is 5.82 Å². The standard InChI is InChI=1S/C16H13ClN4S/c17-11-3-7-13(8-4-11)22-12-5-1-10(2-6-12)14-9-20-16(19)21-15(14)18/h1-9H,(H4,18,19,20,21). The molecule has 6 heteroatoms. The molecular formula is C16H13ClN4S. The molecule has 0 amide bonds. The quantitative estimate of drug-likeness (QED) is 0.756. The zero-order valence-electron chi connectivity index (χ0n) is 11.5. The van der Waals surface area contributed by atoms with E-state index in [4.69, 9.17) is 23.1 Å². The molecule has 3 aromatic rings. The van der Waals surface area contributed by atoms with Crippen molar-refractivity contribution in [2.75, 3.05) is 11.5 Å². The van der Waals surface area contributed by atoms with Crippen molar-refractivity contribution in [2.24, 2.45) is 0 Å². The zero-order valence-corrected chi connectivity index (χ0v) is 13.1. The molecule has 4 nitrogen and oxygen atoms in total. The van der Waals surface area contributed by atoms with Gasteiger partial charge in [-0.25, -0.2) is 4.98 Å². The molecule has 1 heterocycles. The lowest BCUT2D eigenvalue weighted by molar-refractivity contribution is 1.20. The van der Waals surface area contributed by atoms with Crippen LogP contribution in [0.1, 0.15) is 0 Å². The monoisotopic (exact) mass is 328 g/mol. The minimum Gasteiger partial charge on any atom is -0.383 e. The van der Waals surface area contributed by atoms with Crippen LogP contribution in [-0.2, 0) is 0 Å². The van der Waals surface area contributed by atoms with Crippen LogP contribution < -0.4 is 11.5 Å². The summed E-state index contributed by atoms with van der Waals surface area (Å²) in [7, 11) is 0. The predicted molar refractivity (Wildman–Crippen MR) is 91.9 cm³/mol. The van der Waals surface area contributed by atoms with E-state index in [2.05, 4.69) is 9.97 Å². The molecule has 0 radical (unpaired) electrons. The van der Waals surface area contributed by atoms with Crippen LogP contribution in [0.25, 0.3) is 11.1 Å². The molecule has 0 aliphatic rings. The third kappa shape index (κ3) is 3.32. The van der Waals surface area contributed by atoms with Crippen LogP contribution in [0.4, 0.5) is 11.8 Å². The van der Waals surface area contributed by atoms with Gasteiger partial charge in [-0.15, -0.1) is 0 Å². The number of rotatable bonds is 3. The van der Waals surface area contributed by atoms with E-state index < -0.39 is 0 Å². The lowest BCUT2D eigenvalue weighted by Crippen LogP contribution is -2.00. The summed E-state index contributed by atoms with van der Waals surface area (Å²) in [6, 6.07) is 15.8. The summed E-state index contributed by atoms with van der Waals surface area (Å²) >= 11 is 7.55. The smallest absolute Gasteiger partial charge is 0.221 e. The van der Waals surface area contributed by atoms with Crippen LogP contribution in [0, 0.1) is 0 Å². The molecule has 0 atom stereocenters. The largest absolute Gasteiger partial charge is 0.383 e. The summed E-state index contributed by atoms with van der Waals surface area (Å²) in [4.78, 5) is 10.2. The van der Waals surface area contributed by atoms with Gasteiger partial charge in [-0.3, -0.25) is 0 Å². The number of aromatic nitrogens is 2. The molecule has 110 valence electrons. The molecule has 1 aromatic heterocycles. The number of hydrogen-bond acceptors (Lipinski definition) is 5. The number of anilines is 2. The molecule has 0 saturated heterocycles. The molecule has 0 bridgehead atoms. The minimum atomic E-state index is 0.177. The SMILES string of the molecule is Nc1ncc(-c2ccc(Sc3ccc(Cl)cc3)cc2)c(N)n1. The Balaban J connectivity index is 1.81. The summed E-state index contributed by atoms with van der Waals surface area (Å²) in [5.41, 5.74) is 13.1. The summed E-state index contributed by atoms with van der Waals surface area (Å²) in [5.74, 6) is 0.557. The minimum absolute atomic E-state index is 0.177. The van der Waals surface area contributed by atoms with Crippen molar-refractivity contribution in [3.8, 4) is 11.1 Å². The third-order valence-corrected chi connectivity index (χ3v) is 4.32. The van der Waals surface area contributed by atoms with Crippen molar-refractivity contribution in [1.29, 1.82) is 0 Å². The average Bonchev–Trinajstić information content (AvgIpc) is 2.51. The molecular weight excluding hydrogens is 316 g/mol. The second-order valence-corrected chi connectivity index (χ2v) is 6.19. The van der Waals surface area contributed by atoms with Crippen molar-refractivity contribution in [3.05, 3.63) is 59.8 Å². The lowest BCUT2D eigenvalue weighted by atomic mass is 10.1. The van der Waals surface area contributed by atoms with E-state index in [0.29, 0.717) is 5.82 Å². The molecule has 0 saturated carbocycles. The summed E-state index contributed by atoms with van der Waals surface area (Å²) in [6.45, 7) is 0. The van der Waals surface area contributed by atoms with Gasteiger partial charge in [0, 0.05) is 26.6 Å². The van der Waals surface area contributed by atoms with Crippen molar-refractivity contribution in [3.63, 3.8) is 0 Å². The van der Waals surface area contributed by atoms with Crippen LogP contribution in [0.2, 0.25) is 5.02 Å². The van der Waals surface area contributed by atoms with E-state index in [0.717, 1.165) is 25.9 Å². The molecule has 0 spiro atoms. The van der Waals surface area contributed by atoms with Gasteiger partial charge in [0.25, 0.3) is 0 Å². The van der Waals surface area contributed by atoms with Crippen LogP contribution in [0.3, 0.4) is 0 Å². The lowest BCUT2D eigenvalue weighted by Gasteiger charge is -2.07. The van der Waals surface area contributed by atoms with Gasteiger partial charge in [0.15, 0.2) is 0 Å². The second kappa shape index (κ2) is 6.25. The Morgan fingerprint density at radius 1 is 0.864 bits per heavy atom. The Labute approximate surface area is 137 Å². The molecule has 0 aliphatic heterocycles. The van der Waals surface area contributed by atoms with E-state index in [9.17, 15) is 0 Å². The zero-order chi connectivity index (χ0) is 15.5. The van der Waals surface area contributed by atoms with E-state index in [1.807, 2.05) is 48.5 Å². The number of hydrogen-bond donors (Lipinski definition) is 2. The van der Waals surface area contributed by atoms with Gasteiger partial charge in [-0.05, 0) is 42.0 Å². The van der Waals surface area contributed by atoms with E-state index >= 15 is 0 Å². The molecule has 0 unspecified atom stereocenters. The molecule has 2 aromatic carbocycles. The molecule has 3 rings (SSSR count). The third-order valence-electron chi connectivity index (χ3n) is 3.05. The van der Waals surface area contributed by atoms with Gasteiger partial charge < -0.3 is 11.5 Å². The predicted octanol–water partition coefficient (Wildman–Crippen LogP) is 4.11. The fourth-order valence-electron chi connectivity index (χ4n) is 1.97. The van der Waals surface area contributed by atoms with Crippen molar-refractivity contribution < 1.29 is 0 Å². The van der Waals surface area contributed by atoms with Crippen LogP contribution in [0.5, 0.6) is 0 Å². The first kappa shape index (κ1) is 14.7. The van der Waals surface area contributed by atoms with E-state index in [1.54, 1.807) is 18.0 Å². The highest BCUT2D eigenvalue weighted by Gasteiger charge is 2.06.